The summed E-state index contributed by atoms with van der Waals surface area (Å²) in [5.41, 5.74) is 6.80. The molecule has 2 N–H and O–H groups in total. The third kappa shape index (κ3) is 4.07. The molecule has 1 unspecified atom stereocenters. The number of nitrogens with two attached hydrogens (primary N) is 1. The highest BCUT2D eigenvalue weighted by Crippen LogP contribution is 2.25. The lowest BCUT2D eigenvalue weighted by Crippen LogP contribution is -2.43. The van der Waals surface area contributed by atoms with Crippen molar-refractivity contribution in [1.82, 2.24) is 4.90 Å². The first-order valence-electron chi connectivity index (χ1n) is 7.96. The molecule has 2 heterocycles. The van der Waals surface area contributed by atoms with Gasteiger partial charge in [-0.1, -0.05) is 0 Å². The minimum absolute atomic E-state index is 0.404. The number of hydrogen-bond donors (Lipinski definition) is 1. The topological polar surface area (TPSA) is 44.9 Å². The van der Waals surface area contributed by atoms with Gasteiger partial charge in [0, 0.05) is 56.0 Å². The molecule has 2 aliphatic rings. The summed E-state index contributed by atoms with van der Waals surface area (Å²) >= 11 is 1.94. The fourth-order valence-electron chi connectivity index (χ4n) is 3.01. The maximum Gasteiger partial charge on any atom is 0.191 e. The molecule has 3 rings (SSSR count). The van der Waals surface area contributed by atoms with E-state index in [0.717, 1.165) is 49.8 Å². The molecular formula is C16H22F2N4S. The van der Waals surface area contributed by atoms with Crippen LogP contribution in [-0.2, 0) is 0 Å². The standard InChI is InChI=1S/C16H22F2N4S/c17-14-2-1-13(9-15(14)18)22-4-3-12(11-22)10-20-16(19)21-5-7-23-8-6-21/h1-2,9,12H,3-8,10-11H2,(H2,19,20). The molecule has 4 nitrogen and oxygen atoms in total. The molecular weight excluding hydrogens is 318 g/mol. The van der Waals surface area contributed by atoms with Crippen LogP contribution < -0.4 is 10.6 Å². The summed E-state index contributed by atoms with van der Waals surface area (Å²) in [5.74, 6) is 1.64. The Morgan fingerprint density at radius 3 is 2.74 bits per heavy atom. The van der Waals surface area contributed by atoms with E-state index in [1.807, 2.05) is 11.8 Å². The van der Waals surface area contributed by atoms with Crippen LogP contribution in [0.15, 0.2) is 23.2 Å². The first-order chi connectivity index (χ1) is 11.1. The van der Waals surface area contributed by atoms with Gasteiger partial charge in [-0.05, 0) is 24.5 Å². The Balaban J connectivity index is 1.54. The maximum absolute atomic E-state index is 13.3. The largest absolute Gasteiger partial charge is 0.371 e. The molecule has 2 saturated heterocycles. The second-order valence-corrected chi connectivity index (χ2v) is 7.22. The smallest absolute Gasteiger partial charge is 0.191 e. The van der Waals surface area contributed by atoms with Crippen molar-refractivity contribution in [2.45, 2.75) is 6.42 Å². The van der Waals surface area contributed by atoms with Gasteiger partial charge in [0.15, 0.2) is 17.6 Å². The molecule has 0 saturated carbocycles. The molecule has 1 atom stereocenters. The average molecular weight is 340 g/mol. The third-order valence-electron chi connectivity index (χ3n) is 4.40. The van der Waals surface area contributed by atoms with Gasteiger partial charge in [-0.15, -0.1) is 0 Å². The lowest BCUT2D eigenvalue weighted by molar-refractivity contribution is 0.452. The molecule has 0 spiro atoms. The predicted molar refractivity (Wildman–Crippen MR) is 92.1 cm³/mol. The van der Waals surface area contributed by atoms with Crippen LogP contribution >= 0.6 is 11.8 Å². The maximum atomic E-state index is 13.3. The summed E-state index contributed by atoms with van der Waals surface area (Å²) in [6.07, 6.45) is 0.992. The minimum Gasteiger partial charge on any atom is -0.371 e. The van der Waals surface area contributed by atoms with Crippen molar-refractivity contribution in [2.24, 2.45) is 16.6 Å². The van der Waals surface area contributed by atoms with Gasteiger partial charge in [0.25, 0.3) is 0 Å². The molecule has 0 aromatic heterocycles. The summed E-state index contributed by atoms with van der Waals surface area (Å²) < 4.78 is 26.4. The molecule has 23 heavy (non-hydrogen) atoms. The van der Waals surface area contributed by atoms with Gasteiger partial charge in [0.05, 0.1) is 0 Å². The average Bonchev–Trinajstić information content (AvgIpc) is 3.05. The van der Waals surface area contributed by atoms with Crippen molar-refractivity contribution in [3.63, 3.8) is 0 Å². The summed E-state index contributed by atoms with van der Waals surface area (Å²) in [4.78, 5) is 8.76. The summed E-state index contributed by atoms with van der Waals surface area (Å²) in [6.45, 7) is 4.26. The Morgan fingerprint density at radius 2 is 2.00 bits per heavy atom. The molecule has 2 fully saturated rings. The Morgan fingerprint density at radius 1 is 1.22 bits per heavy atom. The van der Waals surface area contributed by atoms with Crippen LogP contribution in [0, 0.1) is 17.6 Å². The van der Waals surface area contributed by atoms with Crippen LogP contribution in [-0.4, -0.2) is 55.1 Å². The van der Waals surface area contributed by atoms with Gasteiger partial charge in [-0.2, -0.15) is 11.8 Å². The molecule has 0 amide bonds. The van der Waals surface area contributed by atoms with Gasteiger partial charge in [0.1, 0.15) is 0 Å². The number of anilines is 1. The number of hydrogen-bond acceptors (Lipinski definition) is 3. The monoisotopic (exact) mass is 340 g/mol. The molecule has 0 aliphatic carbocycles. The zero-order valence-corrected chi connectivity index (χ0v) is 13.9. The molecule has 1 aromatic rings. The number of nitrogens with zero attached hydrogens (tertiary/aromatic N) is 3. The number of benzene rings is 1. The van der Waals surface area contributed by atoms with E-state index in [1.54, 1.807) is 6.07 Å². The zero-order valence-electron chi connectivity index (χ0n) is 13.0. The Kier molecular flexibility index (Phi) is 5.25. The first-order valence-corrected chi connectivity index (χ1v) is 9.11. The molecule has 0 bridgehead atoms. The van der Waals surface area contributed by atoms with Crippen molar-refractivity contribution >= 4 is 23.4 Å². The SMILES string of the molecule is NC(=NCC1CCN(c2ccc(F)c(F)c2)C1)N1CCSCC1. The molecule has 2 aliphatic heterocycles. The van der Waals surface area contributed by atoms with E-state index < -0.39 is 11.6 Å². The summed E-state index contributed by atoms with van der Waals surface area (Å²) in [7, 11) is 0. The van der Waals surface area contributed by atoms with Gasteiger partial charge in [-0.3, -0.25) is 4.99 Å². The van der Waals surface area contributed by atoms with Crippen LogP contribution in [0.4, 0.5) is 14.5 Å². The molecule has 1 aromatic carbocycles. The highest BCUT2D eigenvalue weighted by Gasteiger charge is 2.23. The van der Waals surface area contributed by atoms with E-state index in [1.165, 1.54) is 12.1 Å². The fraction of sp³-hybridized carbons (Fsp3) is 0.562. The van der Waals surface area contributed by atoms with E-state index in [9.17, 15) is 8.78 Å². The number of rotatable bonds is 3. The van der Waals surface area contributed by atoms with Crippen molar-refractivity contribution < 1.29 is 8.78 Å². The van der Waals surface area contributed by atoms with E-state index in [-0.39, 0.29) is 0 Å². The normalized spacial score (nSPS) is 22.7. The summed E-state index contributed by atoms with van der Waals surface area (Å²) in [6, 6.07) is 4.08. The van der Waals surface area contributed by atoms with Crippen LogP contribution in [0.1, 0.15) is 6.42 Å². The van der Waals surface area contributed by atoms with Crippen molar-refractivity contribution in [2.75, 3.05) is 49.1 Å². The summed E-state index contributed by atoms with van der Waals surface area (Å²) in [5, 5.41) is 0. The van der Waals surface area contributed by atoms with Crippen LogP contribution in [0.25, 0.3) is 0 Å². The van der Waals surface area contributed by atoms with E-state index in [4.69, 9.17) is 5.73 Å². The van der Waals surface area contributed by atoms with Gasteiger partial charge in [-0.25, -0.2) is 8.78 Å². The van der Waals surface area contributed by atoms with E-state index in [0.29, 0.717) is 18.4 Å². The van der Waals surface area contributed by atoms with Gasteiger partial charge in [0.2, 0.25) is 0 Å². The van der Waals surface area contributed by atoms with E-state index in [2.05, 4.69) is 14.8 Å². The number of guanidine groups is 1. The second-order valence-electron chi connectivity index (χ2n) is 6.00. The number of halogens is 2. The Labute approximate surface area is 139 Å². The first kappa shape index (κ1) is 16.4. The number of thioether (sulfide) groups is 1. The highest BCUT2D eigenvalue weighted by molar-refractivity contribution is 7.99. The Bertz CT molecular complexity index is 575. The molecule has 0 radical (unpaired) electrons. The van der Waals surface area contributed by atoms with E-state index >= 15 is 0 Å². The lowest BCUT2D eigenvalue weighted by Gasteiger charge is -2.27. The zero-order chi connectivity index (χ0) is 16.2. The molecule has 126 valence electrons. The van der Waals surface area contributed by atoms with Gasteiger partial charge < -0.3 is 15.5 Å². The second kappa shape index (κ2) is 7.38. The van der Waals surface area contributed by atoms with Crippen molar-refractivity contribution in [3.05, 3.63) is 29.8 Å². The van der Waals surface area contributed by atoms with Crippen LogP contribution in [0.2, 0.25) is 0 Å². The molecule has 7 heteroatoms. The quantitative estimate of drug-likeness (QED) is 0.676. The number of aliphatic imine (C=N–C) groups is 1. The van der Waals surface area contributed by atoms with Gasteiger partial charge >= 0.3 is 0 Å². The third-order valence-corrected chi connectivity index (χ3v) is 5.34. The van der Waals surface area contributed by atoms with Crippen molar-refractivity contribution in [1.29, 1.82) is 0 Å². The van der Waals surface area contributed by atoms with Crippen LogP contribution in [0.5, 0.6) is 0 Å². The lowest BCUT2D eigenvalue weighted by atomic mass is 10.1. The predicted octanol–water partition coefficient (Wildman–Crippen LogP) is 2.15. The Hall–Kier alpha value is -1.50. The van der Waals surface area contributed by atoms with Crippen molar-refractivity contribution in [3.8, 4) is 0 Å². The fourth-order valence-corrected chi connectivity index (χ4v) is 3.92. The van der Waals surface area contributed by atoms with Crippen LogP contribution in [0.3, 0.4) is 0 Å². The minimum atomic E-state index is -0.804. The highest BCUT2D eigenvalue weighted by atomic mass is 32.2.